The molecule has 0 aliphatic carbocycles. The van der Waals surface area contributed by atoms with E-state index in [1.54, 1.807) is 19.5 Å². The molecule has 5 nitrogen and oxygen atoms in total. The van der Waals surface area contributed by atoms with Crippen molar-refractivity contribution in [2.24, 2.45) is 0 Å². The molecule has 1 aromatic heterocycles. The highest BCUT2D eigenvalue weighted by molar-refractivity contribution is 7.80. The van der Waals surface area contributed by atoms with E-state index < -0.39 is 0 Å². The molecule has 1 heterocycles. The molecular weight excluding hydrogens is 382 g/mol. The first-order chi connectivity index (χ1) is 14.2. The zero-order valence-corrected chi connectivity index (χ0v) is 17.5. The van der Waals surface area contributed by atoms with Crippen molar-refractivity contribution < 1.29 is 9.47 Å². The maximum Gasteiger partial charge on any atom is 0.174 e. The molecule has 0 fully saturated rings. The lowest BCUT2D eigenvalue weighted by molar-refractivity contribution is 0.340. The Morgan fingerprint density at radius 2 is 1.48 bits per heavy atom. The van der Waals surface area contributed by atoms with Gasteiger partial charge in [0.1, 0.15) is 11.5 Å². The summed E-state index contributed by atoms with van der Waals surface area (Å²) in [4.78, 5) is 6.23. The summed E-state index contributed by atoms with van der Waals surface area (Å²) in [5.41, 5.74) is 3.22. The minimum absolute atomic E-state index is 0.646. The molecule has 3 aromatic rings. The third-order valence-corrected chi connectivity index (χ3v) is 4.72. The number of rotatable bonds is 8. The summed E-state index contributed by atoms with van der Waals surface area (Å²) in [5, 5.41) is 3.99. The fourth-order valence-corrected chi connectivity index (χ4v) is 3.11. The van der Waals surface area contributed by atoms with Gasteiger partial charge in [-0.1, -0.05) is 12.1 Å². The Morgan fingerprint density at radius 3 is 2.07 bits per heavy atom. The van der Waals surface area contributed by atoms with Gasteiger partial charge >= 0.3 is 0 Å². The summed E-state index contributed by atoms with van der Waals surface area (Å²) >= 11 is 5.73. The number of nitrogens with zero attached hydrogens (tertiary/aromatic N) is 2. The molecule has 2 aromatic carbocycles. The molecule has 0 aliphatic heterocycles. The van der Waals surface area contributed by atoms with Gasteiger partial charge in [0.05, 0.1) is 13.7 Å². The maximum absolute atomic E-state index is 5.73. The highest BCUT2D eigenvalue weighted by Gasteiger charge is 2.12. The Labute approximate surface area is 177 Å². The molecular formula is C23H25N3O2S. The molecule has 6 heteroatoms. The number of hydrogen-bond acceptors (Lipinski definition) is 4. The van der Waals surface area contributed by atoms with Crippen LogP contribution in [0, 0.1) is 0 Å². The normalized spacial score (nSPS) is 10.3. The number of anilines is 1. The van der Waals surface area contributed by atoms with Gasteiger partial charge in [-0.2, -0.15) is 0 Å². The SMILES string of the molecule is CCOc1ccc(NC(=S)N(Cc2ccncc2)Cc2ccc(OC)cc2)cc1. The van der Waals surface area contributed by atoms with Gasteiger partial charge in [-0.25, -0.2) is 0 Å². The topological polar surface area (TPSA) is 46.6 Å². The van der Waals surface area contributed by atoms with Gasteiger partial charge in [0, 0.05) is 31.2 Å². The van der Waals surface area contributed by atoms with Crippen LogP contribution in [0.2, 0.25) is 0 Å². The van der Waals surface area contributed by atoms with E-state index in [1.165, 1.54) is 0 Å². The molecule has 0 amide bonds. The van der Waals surface area contributed by atoms with E-state index in [4.69, 9.17) is 21.7 Å². The second-order valence-corrected chi connectivity index (χ2v) is 6.83. The molecule has 29 heavy (non-hydrogen) atoms. The Morgan fingerprint density at radius 1 is 0.897 bits per heavy atom. The van der Waals surface area contributed by atoms with Crippen LogP contribution in [0.3, 0.4) is 0 Å². The van der Waals surface area contributed by atoms with Crippen LogP contribution in [0.5, 0.6) is 11.5 Å². The monoisotopic (exact) mass is 407 g/mol. The summed E-state index contributed by atoms with van der Waals surface area (Å²) in [6.45, 7) is 3.97. The lowest BCUT2D eigenvalue weighted by Gasteiger charge is -2.26. The average molecular weight is 408 g/mol. The van der Waals surface area contributed by atoms with Gasteiger partial charge in [0.25, 0.3) is 0 Å². The average Bonchev–Trinajstić information content (AvgIpc) is 2.76. The zero-order valence-electron chi connectivity index (χ0n) is 16.7. The predicted octanol–water partition coefficient (Wildman–Crippen LogP) is 4.89. The van der Waals surface area contributed by atoms with Crippen LogP contribution in [0.1, 0.15) is 18.1 Å². The summed E-state index contributed by atoms with van der Waals surface area (Å²) in [5.74, 6) is 1.68. The van der Waals surface area contributed by atoms with E-state index in [2.05, 4.69) is 27.3 Å². The van der Waals surface area contributed by atoms with Crippen LogP contribution in [-0.2, 0) is 13.1 Å². The van der Waals surface area contributed by atoms with Crippen molar-refractivity contribution in [2.45, 2.75) is 20.0 Å². The first-order valence-corrected chi connectivity index (χ1v) is 9.89. The first kappa shape index (κ1) is 20.6. The fourth-order valence-electron chi connectivity index (χ4n) is 2.86. The highest BCUT2D eigenvalue weighted by Crippen LogP contribution is 2.19. The summed E-state index contributed by atoms with van der Waals surface area (Å²) in [6.07, 6.45) is 3.59. The van der Waals surface area contributed by atoms with E-state index in [0.717, 1.165) is 28.3 Å². The van der Waals surface area contributed by atoms with E-state index >= 15 is 0 Å². The van der Waals surface area contributed by atoms with E-state index in [9.17, 15) is 0 Å². The Bertz CT molecular complexity index is 900. The number of thiocarbonyl (C=S) groups is 1. The number of ether oxygens (including phenoxy) is 2. The smallest absolute Gasteiger partial charge is 0.174 e. The van der Waals surface area contributed by atoms with E-state index in [0.29, 0.717) is 24.8 Å². The second-order valence-electron chi connectivity index (χ2n) is 6.45. The maximum atomic E-state index is 5.73. The number of aromatic nitrogens is 1. The van der Waals surface area contributed by atoms with Gasteiger partial charge in [0.2, 0.25) is 0 Å². The summed E-state index contributed by atoms with van der Waals surface area (Å²) in [7, 11) is 1.67. The van der Waals surface area contributed by atoms with Crippen molar-refractivity contribution in [3.63, 3.8) is 0 Å². The number of pyridine rings is 1. The number of hydrogen-bond donors (Lipinski definition) is 1. The molecule has 0 radical (unpaired) electrons. The fraction of sp³-hybridized carbons (Fsp3) is 0.217. The van der Waals surface area contributed by atoms with Crippen molar-refractivity contribution in [1.82, 2.24) is 9.88 Å². The standard InChI is InChI=1S/C23H25N3O2S/c1-3-28-22-10-6-20(7-11-22)25-23(29)26(17-19-12-14-24-15-13-19)16-18-4-8-21(27-2)9-5-18/h4-15H,3,16-17H2,1-2H3,(H,25,29). The molecule has 0 saturated carbocycles. The van der Waals surface area contributed by atoms with Crippen molar-refractivity contribution in [1.29, 1.82) is 0 Å². The quantitative estimate of drug-likeness (QED) is 0.537. The minimum atomic E-state index is 0.646. The molecule has 0 aliphatic rings. The third kappa shape index (κ3) is 6.19. The van der Waals surface area contributed by atoms with Gasteiger partial charge in [0.15, 0.2) is 5.11 Å². The minimum Gasteiger partial charge on any atom is -0.497 e. The van der Waals surface area contributed by atoms with Gasteiger partial charge < -0.3 is 19.7 Å². The number of nitrogens with one attached hydrogen (secondary N) is 1. The van der Waals surface area contributed by atoms with Crippen molar-refractivity contribution in [3.05, 3.63) is 84.2 Å². The molecule has 0 unspecified atom stereocenters. The lowest BCUT2D eigenvalue weighted by Crippen LogP contribution is -2.33. The van der Waals surface area contributed by atoms with Crippen LogP contribution in [0.25, 0.3) is 0 Å². The van der Waals surface area contributed by atoms with Gasteiger partial charge in [-0.05, 0) is 78.8 Å². The molecule has 0 spiro atoms. The Hall–Kier alpha value is -3.12. The molecule has 0 bridgehead atoms. The molecule has 150 valence electrons. The number of benzene rings is 2. The number of methoxy groups -OCH3 is 1. The van der Waals surface area contributed by atoms with Gasteiger partial charge in [-0.3, -0.25) is 4.98 Å². The van der Waals surface area contributed by atoms with Crippen LogP contribution in [-0.4, -0.2) is 28.7 Å². The van der Waals surface area contributed by atoms with Crippen molar-refractivity contribution in [2.75, 3.05) is 19.0 Å². The van der Waals surface area contributed by atoms with Gasteiger partial charge in [-0.15, -0.1) is 0 Å². The predicted molar refractivity (Wildman–Crippen MR) is 120 cm³/mol. The molecule has 3 rings (SSSR count). The largest absolute Gasteiger partial charge is 0.497 e. The third-order valence-electron chi connectivity index (χ3n) is 4.36. The Balaban J connectivity index is 1.74. The molecule has 1 N–H and O–H groups in total. The van der Waals surface area contributed by atoms with Crippen LogP contribution in [0.15, 0.2) is 73.1 Å². The highest BCUT2D eigenvalue weighted by atomic mass is 32.1. The van der Waals surface area contributed by atoms with Crippen LogP contribution >= 0.6 is 12.2 Å². The summed E-state index contributed by atoms with van der Waals surface area (Å²) < 4.78 is 10.8. The second kappa shape index (κ2) is 10.4. The van der Waals surface area contributed by atoms with E-state index in [1.807, 2.05) is 55.5 Å². The molecule has 0 saturated heterocycles. The van der Waals surface area contributed by atoms with Crippen LogP contribution < -0.4 is 14.8 Å². The first-order valence-electron chi connectivity index (χ1n) is 9.48. The summed E-state index contributed by atoms with van der Waals surface area (Å²) in [6, 6.07) is 19.8. The zero-order chi connectivity index (χ0) is 20.5. The van der Waals surface area contributed by atoms with E-state index in [-0.39, 0.29) is 0 Å². The molecule has 0 atom stereocenters. The lowest BCUT2D eigenvalue weighted by atomic mass is 10.2. The van der Waals surface area contributed by atoms with Crippen LogP contribution in [0.4, 0.5) is 5.69 Å². The Kier molecular flexibility index (Phi) is 7.41. The van der Waals surface area contributed by atoms with Crippen molar-refractivity contribution >= 4 is 23.0 Å². The van der Waals surface area contributed by atoms with Crippen molar-refractivity contribution in [3.8, 4) is 11.5 Å².